The fourth-order valence-electron chi connectivity index (χ4n) is 2.14. The first-order chi connectivity index (χ1) is 8.61. The molecule has 0 saturated carbocycles. The maximum atomic E-state index is 5.73. The number of hydrogen-bond acceptors (Lipinski definition) is 7. The zero-order chi connectivity index (χ0) is 13.1. The molecule has 1 aromatic heterocycles. The maximum absolute atomic E-state index is 5.73. The number of likely N-dealkylation sites (N-methyl/N-ethyl adjacent to an activating group) is 2. The van der Waals surface area contributed by atoms with Crippen LogP contribution in [0.5, 0.6) is 5.75 Å². The molecule has 1 aliphatic rings. The van der Waals surface area contributed by atoms with Crippen LogP contribution < -0.4 is 15.8 Å². The van der Waals surface area contributed by atoms with Gasteiger partial charge in [0.05, 0.1) is 7.11 Å². The van der Waals surface area contributed by atoms with Crippen molar-refractivity contribution < 1.29 is 4.74 Å². The lowest BCUT2D eigenvalue weighted by Gasteiger charge is -2.37. The third-order valence-corrected chi connectivity index (χ3v) is 4.16. The fraction of sp³-hybridized carbons (Fsp3) is 0.727. The van der Waals surface area contributed by atoms with Crippen molar-refractivity contribution in [2.45, 2.75) is 6.04 Å². The van der Waals surface area contributed by atoms with Gasteiger partial charge in [-0.05, 0) is 25.6 Å². The van der Waals surface area contributed by atoms with Crippen molar-refractivity contribution in [3.63, 3.8) is 0 Å². The largest absolute Gasteiger partial charge is 0.490 e. The molecule has 1 aromatic rings. The molecule has 0 amide bonds. The Labute approximate surface area is 112 Å². The quantitative estimate of drug-likeness (QED) is 0.826. The SMILES string of the molecule is COc1c(N)nsc1NCC1CN(C)CCN1C. The van der Waals surface area contributed by atoms with Crippen molar-refractivity contribution in [1.29, 1.82) is 0 Å². The number of nitrogens with two attached hydrogens (primary N) is 1. The molecule has 1 atom stereocenters. The number of piperazine rings is 1. The van der Waals surface area contributed by atoms with Gasteiger partial charge in [0.25, 0.3) is 0 Å². The van der Waals surface area contributed by atoms with E-state index in [1.54, 1.807) is 7.11 Å². The van der Waals surface area contributed by atoms with Gasteiger partial charge in [-0.2, -0.15) is 4.37 Å². The monoisotopic (exact) mass is 271 g/mol. The van der Waals surface area contributed by atoms with Crippen LogP contribution in [-0.2, 0) is 0 Å². The van der Waals surface area contributed by atoms with Crippen molar-refractivity contribution in [1.82, 2.24) is 14.2 Å². The number of anilines is 2. The standard InChI is InChI=1S/C11H21N5OS/c1-15-4-5-16(2)8(7-15)6-13-11-9(17-3)10(12)14-18-11/h8,13H,4-7H2,1-3H3,(H2,12,14). The predicted molar refractivity (Wildman–Crippen MR) is 75.5 cm³/mol. The minimum absolute atomic E-state index is 0.458. The molecule has 2 heterocycles. The van der Waals surface area contributed by atoms with Gasteiger partial charge in [0.2, 0.25) is 0 Å². The summed E-state index contributed by atoms with van der Waals surface area (Å²) < 4.78 is 9.33. The van der Waals surface area contributed by atoms with Gasteiger partial charge in [0.1, 0.15) is 0 Å². The second kappa shape index (κ2) is 5.73. The third-order valence-electron chi connectivity index (χ3n) is 3.36. The molecule has 18 heavy (non-hydrogen) atoms. The molecular formula is C11H21N5OS. The number of rotatable bonds is 4. The number of nitrogen functional groups attached to an aromatic ring is 1. The summed E-state index contributed by atoms with van der Waals surface area (Å²) in [7, 11) is 5.94. The Bertz CT molecular complexity index is 397. The van der Waals surface area contributed by atoms with E-state index in [1.807, 2.05) is 0 Å². The van der Waals surface area contributed by atoms with Gasteiger partial charge < -0.3 is 20.7 Å². The fourth-order valence-corrected chi connectivity index (χ4v) is 2.83. The average Bonchev–Trinajstić information content (AvgIpc) is 2.71. The summed E-state index contributed by atoms with van der Waals surface area (Å²) in [5.74, 6) is 1.12. The first-order valence-electron chi connectivity index (χ1n) is 6.03. The lowest BCUT2D eigenvalue weighted by atomic mass is 10.2. The summed E-state index contributed by atoms with van der Waals surface area (Å²) in [5, 5.41) is 4.30. The van der Waals surface area contributed by atoms with Crippen LogP contribution >= 0.6 is 11.5 Å². The number of nitrogens with zero attached hydrogens (tertiary/aromatic N) is 3. The molecule has 1 saturated heterocycles. The smallest absolute Gasteiger partial charge is 0.197 e. The van der Waals surface area contributed by atoms with Gasteiger partial charge in [0.15, 0.2) is 16.6 Å². The summed E-state index contributed by atoms with van der Waals surface area (Å²) in [4.78, 5) is 4.73. The van der Waals surface area contributed by atoms with Gasteiger partial charge in [-0.1, -0.05) is 0 Å². The van der Waals surface area contributed by atoms with Crippen molar-refractivity contribution in [2.75, 3.05) is 58.4 Å². The van der Waals surface area contributed by atoms with E-state index in [4.69, 9.17) is 10.5 Å². The number of aromatic nitrogens is 1. The third kappa shape index (κ3) is 2.85. The number of methoxy groups -OCH3 is 1. The van der Waals surface area contributed by atoms with Gasteiger partial charge in [-0.15, -0.1) is 0 Å². The molecule has 1 unspecified atom stereocenters. The Morgan fingerprint density at radius 2 is 2.28 bits per heavy atom. The Morgan fingerprint density at radius 3 is 3.00 bits per heavy atom. The Morgan fingerprint density at radius 1 is 1.50 bits per heavy atom. The minimum atomic E-state index is 0.458. The highest BCUT2D eigenvalue weighted by Gasteiger charge is 2.22. The van der Waals surface area contributed by atoms with Crippen LogP contribution in [0.3, 0.4) is 0 Å². The first-order valence-corrected chi connectivity index (χ1v) is 6.81. The predicted octanol–water partition coefficient (Wildman–Crippen LogP) is 0.392. The molecule has 102 valence electrons. The zero-order valence-corrected chi connectivity index (χ0v) is 12.0. The highest BCUT2D eigenvalue weighted by molar-refractivity contribution is 7.11. The Hall–Kier alpha value is -1.05. The van der Waals surface area contributed by atoms with E-state index in [1.165, 1.54) is 11.5 Å². The summed E-state index contributed by atoms with van der Waals surface area (Å²) in [6.45, 7) is 4.17. The molecule has 0 aromatic carbocycles. The molecule has 0 bridgehead atoms. The summed E-state index contributed by atoms with van der Waals surface area (Å²) >= 11 is 1.35. The minimum Gasteiger partial charge on any atom is -0.490 e. The number of hydrogen-bond donors (Lipinski definition) is 2. The summed E-state index contributed by atoms with van der Waals surface area (Å²) in [6, 6.07) is 0.497. The molecule has 3 N–H and O–H groups in total. The molecule has 1 aliphatic heterocycles. The van der Waals surface area contributed by atoms with E-state index in [0.717, 1.165) is 31.2 Å². The molecule has 0 aliphatic carbocycles. The van der Waals surface area contributed by atoms with Gasteiger partial charge >= 0.3 is 0 Å². The maximum Gasteiger partial charge on any atom is 0.197 e. The summed E-state index contributed by atoms with van der Waals surface area (Å²) in [5.41, 5.74) is 5.73. The van der Waals surface area contributed by atoms with E-state index >= 15 is 0 Å². The van der Waals surface area contributed by atoms with Crippen LogP contribution in [0, 0.1) is 0 Å². The van der Waals surface area contributed by atoms with E-state index in [9.17, 15) is 0 Å². The normalized spacial score (nSPS) is 22.1. The Balaban J connectivity index is 1.94. The lowest BCUT2D eigenvalue weighted by Crippen LogP contribution is -2.52. The van der Waals surface area contributed by atoms with Crippen molar-refractivity contribution >= 4 is 22.4 Å². The highest BCUT2D eigenvalue weighted by Crippen LogP contribution is 2.34. The first kappa shape index (κ1) is 13.4. The molecule has 2 rings (SSSR count). The molecule has 0 spiro atoms. The summed E-state index contributed by atoms with van der Waals surface area (Å²) in [6.07, 6.45) is 0. The highest BCUT2D eigenvalue weighted by atomic mass is 32.1. The van der Waals surface area contributed by atoms with Crippen molar-refractivity contribution in [2.24, 2.45) is 0 Å². The molecule has 1 fully saturated rings. The van der Waals surface area contributed by atoms with E-state index < -0.39 is 0 Å². The van der Waals surface area contributed by atoms with Crippen LogP contribution in [0.4, 0.5) is 10.8 Å². The van der Waals surface area contributed by atoms with E-state index in [2.05, 4.69) is 33.6 Å². The van der Waals surface area contributed by atoms with Crippen LogP contribution in [0.2, 0.25) is 0 Å². The molecule has 6 nitrogen and oxygen atoms in total. The van der Waals surface area contributed by atoms with E-state index in [-0.39, 0.29) is 0 Å². The molecule has 0 radical (unpaired) electrons. The average molecular weight is 271 g/mol. The number of nitrogens with one attached hydrogen (secondary N) is 1. The zero-order valence-electron chi connectivity index (χ0n) is 11.1. The Kier molecular flexibility index (Phi) is 4.26. The van der Waals surface area contributed by atoms with Crippen LogP contribution in [0.1, 0.15) is 0 Å². The lowest BCUT2D eigenvalue weighted by molar-refractivity contribution is 0.122. The van der Waals surface area contributed by atoms with Gasteiger partial charge in [-0.3, -0.25) is 4.90 Å². The second-order valence-corrected chi connectivity index (χ2v) is 5.48. The second-order valence-electron chi connectivity index (χ2n) is 4.71. The van der Waals surface area contributed by atoms with Crippen LogP contribution in [0.15, 0.2) is 0 Å². The number of ether oxygens (including phenoxy) is 1. The van der Waals surface area contributed by atoms with Gasteiger partial charge in [-0.25, -0.2) is 0 Å². The van der Waals surface area contributed by atoms with Gasteiger partial charge in [0, 0.05) is 32.2 Å². The molecule has 7 heteroatoms. The van der Waals surface area contributed by atoms with Crippen molar-refractivity contribution in [3.05, 3.63) is 0 Å². The van der Waals surface area contributed by atoms with Crippen LogP contribution in [0.25, 0.3) is 0 Å². The topological polar surface area (TPSA) is 66.7 Å². The molecular weight excluding hydrogens is 250 g/mol. The van der Waals surface area contributed by atoms with E-state index in [0.29, 0.717) is 17.6 Å². The van der Waals surface area contributed by atoms with Crippen LogP contribution in [-0.4, -0.2) is 67.6 Å². The van der Waals surface area contributed by atoms with Crippen molar-refractivity contribution in [3.8, 4) is 5.75 Å².